The van der Waals surface area contributed by atoms with Gasteiger partial charge in [0.15, 0.2) is 0 Å². The number of nitrogens with zero attached hydrogens (tertiary/aromatic N) is 3. The lowest BCUT2D eigenvalue weighted by Crippen LogP contribution is -2.34. The summed E-state index contributed by atoms with van der Waals surface area (Å²) in [6.45, 7) is 0. The molecule has 0 aliphatic carbocycles. The van der Waals surface area contributed by atoms with Crippen molar-refractivity contribution in [3.8, 4) is 0 Å². The molecule has 1 aromatic heterocycles. The molecule has 3 rings (SSSR count). The fraction of sp³-hybridized carbons (Fsp3) is 0.583. The van der Waals surface area contributed by atoms with E-state index >= 15 is 0 Å². The molecule has 0 aromatic carbocycles. The number of hydrogen-bond acceptors (Lipinski definition) is 2. The van der Waals surface area contributed by atoms with E-state index in [0.717, 1.165) is 17.1 Å². The van der Waals surface area contributed by atoms with Crippen molar-refractivity contribution in [2.75, 3.05) is 7.05 Å². The van der Waals surface area contributed by atoms with Crippen LogP contribution in [0.2, 0.25) is 5.02 Å². The lowest BCUT2D eigenvalue weighted by atomic mass is 9.99. The third-order valence-electron chi connectivity index (χ3n) is 3.94. The molecule has 0 amide bonds. The van der Waals surface area contributed by atoms with E-state index in [-0.39, 0.29) is 0 Å². The first kappa shape index (κ1) is 10.4. The van der Waals surface area contributed by atoms with E-state index in [1.165, 1.54) is 18.4 Å². The predicted molar refractivity (Wildman–Crippen MR) is 65.4 cm³/mol. The topological polar surface area (TPSA) is 21.1 Å². The van der Waals surface area contributed by atoms with E-state index in [9.17, 15) is 0 Å². The monoisotopic (exact) mass is 237 g/mol. The number of likely N-dealkylation sites (N-methyl/N-ethyl adjacent to an activating group) is 1. The van der Waals surface area contributed by atoms with Gasteiger partial charge in [-0.1, -0.05) is 17.7 Å². The Morgan fingerprint density at radius 3 is 2.81 bits per heavy atom. The first-order valence-corrected chi connectivity index (χ1v) is 6.15. The Kier molecular flexibility index (Phi) is 2.33. The van der Waals surface area contributed by atoms with Crippen LogP contribution in [0.25, 0.3) is 5.57 Å². The fourth-order valence-electron chi connectivity index (χ4n) is 2.99. The first-order chi connectivity index (χ1) is 7.66. The zero-order valence-corrected chi connectivity index (χ0v) is 10.4. The summed E-state index contributed by atoms with van der Waals surface area (Å²) in [4.78, 5) is 2.48. The normalized spacial score (nSPS) is 29.6. The van der Waals surface area contributed by atoms with Gasteiger partial charge in [0.25, 0.3) is 0 Å². The molecule has 3 nitrogen and oxygen atoms in total. The second-order valence-corrected chi connectivity index (χ2v) is 5.23. The predicted octanol–water partition coefficient (Wildman–Crippen LogP) is 2.32. The number of aromatic nitrogens is 2. The number of rotatable bonds is 1. The van der Waals surface area contributed by atoms with Crippen LogP contribution in [0.3, 0.4) is 0 Å². The second-order valence-electron chi connectivity index (χ2n) is 4.82. The van der Waals surface area contributed by atoms with Crippen molar-refractivity contribution in [1.82, 2.24) is 14.7 Å². The van der Waals surface area contributed by atoms with Gasteiger partial charge in [-0.05, 0) is 31.9 Å². The average Bonchev–Trinajstić information content (AvgIpc) is 2.67. The molecular formula is C12H16ClN3. The van der Waals surface area contributed by atoms with Crippen molar-refractivity contribution in [3.63, 3.8) is 0 Å². The van der Waals surface area contributed by atoms with E-state index in [4.69, 9.17) is 11.6 Å². The third-order valence-corrected chi connectivity index (χ3v) is 4.22. The van der Waals surface area contributed by atoms with E-state index < -0.39 is 0 Å². The fourth-order valence-corrected chi connectivity index (χ4v) is 3.28. The average molecular weight is 238 g/mol. The molecule has 1 saturated heterocycles. The Bertz CT molecular complexity index is 430. The van der Waals surface area contributed by atoms with Gasteiger partial charge in [-0.15, -0.1) is 0 Å². The van der Waals surface area contributed by atoms with Crippen LogP contribution in [-0.4, -0.2) is 33.8 Å². The molecule has 16 heavy (non-hydrogen) atoms. The molecule has 2 atom stereocenters. The van der Waals surface area contributed by atoms with E-state index in [0.29, 0.717) is 12.1 Å². The molecule has 1 fully saturated rings. The molecule has 0 N–H and O–H groups in total. The van der Waals surface area contributed by atoms with E-state index in [1.807, 2.05) is 11.7 Å². The van der Waals surface area contributed by atoms with Crippen molar-refractivity contribution >= 4 is 17.2 Å². The standard InChI is InChI=1S/C12H16ClN3/c1-15-9-3-4-10(15)6-8(5-9)12-11(13)7-14-16(12)2/h5,7,9-10H,3-4,6H2,1-2H3. The highest BCUT2D eigenvalue weighted by atomic mass is 35.5. The quantitative estimate of drug-likeness (QED) is 0.748. The Hall–Kier alpha value is -0.800. The minimum atomic E-state index is 0.597. The largest absolute Gasteiger partial charge is 0.297 e. The number of hydrogen-bond donors (Lipinski definition) is 0. The maximum Gasteiger partial charge on any atom is 0.0862 e. The van der Waals surface area contributed by atoms with Crippen LogP contribution < -0.4 is 0 Å². The van der Waals surface area contributed by atoms with E-state index in [1.54, 1.807) is 6.20 Å². The molecule has 3 heterocycles. The van der Waals surface area contributed by atoms with Crippen LogP contribution >= 0.6 is 11.6 Å². The van der Waals surface area contributed by atoms with Gasteiger partial charge in [-0.25, -0.2) is 0 Å². The first-order valence-electron chi connectivity index (χ1n) is 5.77. The van der Waals surface area contributed by atoms with Crippen molar-refractivity contribution in [3.05, 3.63) is 23.0 Å². The van der Waals surface area contributed by atoms with Crippen LogP contribution in [0.5, 0.6) is 0 Å². The van der Waals surface area contributed by atoms with Crippen molar-refractivity contribution < 1.29 is 0 Å². The molecule has 2 bridgehead atoms. The summed E-state index contributed by atoms with van der Waals surface area (Å²) in [7, 11) is 4.18. The molecule has 1 aromatic rings. The Morgan fingerprint density at radius 1 is 1.38 bits per heavy atom. The van der Waals surface area contributed by atoms with Gasteiger partial charge in [0.05, 0.1) is 16.9 Å². The summed E-state index contributed by atoms with van der Waals surface area (Å²) in [5, 5.41) is 4.99. The summed E-state index contributed by atoms with van der Waals surface area (Å²) in [6.07, 6.45) is 7.79. The summed E-state index contributed by atoms with van der Waals surface area (Å²) in [6, 6.07) is 1.29. The van der Waals surface area contributed by atoms with Gasteiger partial charge in [0.2, 0.25) is 0 Å². The van der Waals surface area contributed by atoms with Gasteiger partial charge in [0, 0.05) is 19.1 Å². The van der Waals surface area contributed by atoms with Gasteiger partial charge in [0.1, 0.15) is 0 Å². The van der Waals surface area contributed by atoms with Gasteiger partial charge in [-0.2, -0.15) is 5.10 Å². The minimum Gasteiger partial charge on any atom is -0.297 e. The molecule has 0 radical (unpaired) electrons. The Morgan fingerprint density at radius 2 is 2.19 bits per heavy atom. The minimum absolute atomic E-state index is 0.597. The van der Waals surface area contributed by atoms with Gasteiger partial charge >= 0.3 is 0 Å². The third kappa shape index (κ3) is 1.42. The van der Waals surface area contributed by atoms with Crippen LogP contribution in [-0.2, 0) is 7.05 Å². The van der Waals surface area contributed by atoms with Gasteiger partial charge in [-0.3, -0.25) is 9.58 Å². The SMILES string of the molecule is CN1C2C=C(c3c(Cl)cnn3C)CC1CC2. The highest BCUT2D eigenvalue weighted by Crippen LogP contribution is 2.38. The van der Waals surface area contributed by atoms with E-state index in [2.05, 4.69) is 23.1 Å². The summed E-state index contributed by atoms with van der Waals surface area (Å²) in [5.74, 6) is 0. The summed E-state index contributed by atoms with van der Waals surface area (Å²) in [5.41, 5.74) is 2.47. The molecule has 2 unspecified atom stereocenters. The molecular weight excluding hydrogens is 222 g/mol. The van der Waals surface area contributed by atoms with Crippen LogP contribution in [0.1, 0.15) is 25.0 Å². The second kappa shape index (κ2) is 3.60. The summed E-state index contributed by atoms with van der Waals surface area (Å²) < 4.78 is 1.89. The smallest absolute Gasteiger partial charge is 0.0862 e. The molecule has 2 aliphatic heterocycles. The van der Waals surface area contributed by atoms with Gasteiger partial charge < -0.3 is 0 Å². The number of halogens is 1. The Balaban J connectivity index is 2.01. The molecule has 86 valence electrons. The maximum atomic E-state index is 6.19. The maximum absolute atomic E-state index is 6.19. The molecule has 0 spiro atoms. The highest BCUT2D eigenvalue weighted by molar-refractivity contribution is 6.32. The van der Waals surface area contributed by atoms with Crippen LogP contribution in [0.4, 0.5) is 0 Å². The zero-order valence-electron chi connectivity index (χ0n) is 9.65. The van der Waals surface area contributed by atoms with Crippen molar-refractivity contribution in [2.45, 2.75) is 31.3 Å². The highest BCUT2D eigenvalue weighted by Gasteiger charge is 2.35. The molecule has 4 heteroatoms. The Labute approximate surface area is 101 Å². The number of aryl methyl sites for hydroxylation is 1. The van der Waals surface area contributed by atoms with Crippen LogP contribution in [0, 0.1) is 0 Å². The molecule has 2 aliphatic rings. The lowest BCUT2D eigenvalue weighted by molar-refractivity contribution is 0.264. The van der Waals surface area contributed by atoms with Crippen molar-refractivity contribution in [1.29, 1.82) is 0 Å². The lowest BCUT2D eigenvalue weighted by Gasteiger charge is -2.30. The zero-order chi connectivity index (χ0) is 11.3. The number of fused-ring (bicyclic) bond motifs is 2. The summed E-state index contributed by atoms with van der Waals surface area (Å²) >= 11 is 6.19. The van der Waals surface area contributed by atoms with Crippen molar-refractivity contribution in [2.24, 2.45) is 7.05 Å². The molecule has 0 saturated carbocycles. The van der Waals surface area contributed by atoms with Crippen LogP contribution in [0.15, 0.2) is 12.3 Å².